The minimum absolute atomic E-state index is 0.115. The van der Waals surface area contributed by atoms with Gasteiger partial charge in [-0.05, 0) is 37.9 Å². The van der Waals surface area contributed by atoms with Crippen molar-refractivity contribution in [1.82, 2.24) is 15.5 Å². The Morgan fingerprint density at radius 2 is 2.00 bits per heavy atom. The summed E-state index contributed by atoms with van der Waals surface area (Å²) in [5.74, 6) is 1.38. The van der Waals surface area contributed by atoms with Crippen molar-refractivity contribution in [1.29, 1.82) is 0 Å². The van der Waals surface area contributed by atoms with Crippen LogP contribution >= 0.6 is 0 Å². The molecule has 1 unspecified atom stereocenters. The van der Waals surface area contributed by atoms with Crippen LogP contribution in [0.25, 0.3) is 0 Å². The van der Waals surface area contributed by atoms with Crippen LogP contribution in [0.2, 0.25) is 0 Å². The summed E-state index contributed by atoms with van der Waals surface area (Å²) in [4.78, 5) is 0. The van der Waals surface area contributed by atoms with Crippen molar-refractivity contribution >= 4 is 0 Å². The Balaban J connectivity index is 1.95. The first-order valence-electron chi connectivity index (χ1n) is 6.81. The minimum Gasteiger partial charge on any atom is -0.424 e. The highest BCUT2D eigenvalue weighted by molar-refractivity contribution is 5.25. The molecule has 102 valence electrons. The molecule has 0 bridgehead atoms. The van der Waals surface area contributed by atoms with Crippen LogP contribution in [0.1, 0.15) is 42.8 Å². The molecule has 4 heteroatoms. The summed E-state index contributed by atoms with van der Waals surface area (Å²) < 4.78 is 5.67. The molecule has 0 fully saturated rings. The largest absolute Gasteiger partial charge is 0.424 e. The molecule has 2 rings (SSSR count). The first kappa shape index (κ1) is 13.7. The molecule has 1 aromatic carbocycles. The molecule has 0 saturated carbocycles. The Morgan fingerprint density at radius 3 is 2.74 bits per heavy atom. The molecule has 0 amide bonds. The van der Waals surface area contributed by atoms with Gasteiger partial charge >= 0.3 is 0 Å². The lowest BCUT2D eigenvalue weighted by molar-refractivity contribution is 0.396. The highest BCUT2D eigenvalue weighted by Gasteiger charge is 2.12. The van der Waals surface area contributed by atoms with Gasteiger partial charge in [0.05, 0.1) is 6.04 Å². The molecule has 0 aliphatic heterocycles. The lowest BCUT2D eigenvalue weighted by atomic mass is 10.0. The molecule has 1 heterocycles. The standard InChI is InChI=1S/C15H21N3O/c1-4-16-12(3)15-18-17-14(19-15)10-9-13-8-6-5-7-11(13)2/h5-8,12,16H,4,9-10H2,1-3H3. The predicted octanol–water partition coefficient (Wildman–Crippen LogP) is 2.83. The molecule has 1 atom stereocenters. The van der Waals surface area contributed by atoms with E-state index in [1.165, 1.54) is 11.1 Å². The summed E-state index contributed by atoms with van der Waals surface area (Å²) in [6.45, 7) is 7.11. The summed E-state index contributed by atoms with van der Waals surface area (Å²) in [6.07, 6.45) is 1.72. The number of hydrogen-bond donors (Lipinski definition) is 1. The zero-order chi connectivity index (χ0) is 13.7. The van der Waals surface area contributed by atoms with E-state index in [0.29, 0.717) is 11.8 Å². The first-order valence-corrected chi connectivity index (χ1v) is 6.81. The van der Waals surface area contributed by atoms with Gasteiger partial charge in [0, 0.05) is 6.42 Å². The fourth-order valence-electron chi connectivity index (χ4n) is 2.07. The van der Waals surface area contributed by atoms with Crippen LogP contribution in [0.15, 0.2) is 28.7 Å². The zero-order valence-corrected chi connectivity index (χ0v) is 11.8. The molecular formula is C15H21N3O. The van der Waals surface area contributed by atoms with E-state index in [9.17, 15) is 0 Å². The Labute approximate surface area is 114 Å². The molecule has 4 nitrogen and oxygen atoms in total. The zero-order valence-electron chi connectivity index (χ0n) is 11.8. The third-order valence-electron chi connectivity index (χ3n) is 3.23. The maximum atomic E-state index is 5.67. The van der Waals surface area contributed by atoms with E-state index < -0.39 is 0 Å². The summed E-state index contributed by atoms with van der Waals surface area (Å²) in [6, 6.07) is 8.51. The van der Waals surface area contributed by atoms with Gasteiger partial charge in [0.2, 0.25) is 11.8 Å². The fraction of sp³-hybridized carbons (Fsp3) is 0.467. The second kappa shape index (κ2) is 6.48. The number of aryl methyl sites for hydroxylation is 3. The molecule has 19 heavy (non-hydrogen) atoms. The van der Waals surface area contributed by atoms with Gasteiger partial charge in [-0.3, -0.25) is 0 Å². The minimum atomic E-state index is 0.115. The number of nitrogens with zero attached hydrogens (tertiary/aromatic N) is 2. The normalized spacial score (nSPS) is 12.6. The van der Waals surface area contributed by atoms with E-state index >= 15 is 0 Å². The summed E-state index contributed by atoms with van der Waals surface area (Å²) >= 11 is 0. The van der Waals surface area contributed by atoms with Crippen LogP contribution < -0.4 is 5.32 Å². The average molecular weight is 259 g/mol. The van der Waals surface area contributed by atoms with Gasteiger partial charge in [0.15, 0.2) is 0 Å². The van der Waals surface area contributed by atoms with Gasteiger partial charge in [-0.25, -0.2) is 0 Å². The van der Waals surface area contributed by atoms with Crippen molar-refractivity contribution in [2.75, 3.05) is 6.54 Å². The van der Waals surface area contributed by atoms with Crippen LogP contribution in [-0.4, -0.2) is 16.7 Å². The van der Waals surface area contributed by atoms with Crippen LogP contribution in [-0.2, 0) is 12.8 Å². The number of rotatable bonds is 6. The topological polar surface area (TPSA) is 51.0 Å². The quantitative estimate of drug-likeness (QED) is 0.866. The highest BCUT2D eigenvalue weighted by atomic mass is 16.4. The van der Waals surface area contributed by atoms with Crippen molar-refractivity contribution in [3.8, 4) is 0 Å². The molecule has 1 N–H and O–H groups in total. The monoisotopic (exact) mass is 259 g/mol. The average Bonchev–Trinajstić information content (AvgIpc) is 2.87. The van der Waals surface area contributed by atoms with E-state index in [4.69, 9.17) is 4.42 Å². The van der Waals surface area contributed by atoms with Gasteiger partial charge in [-0.1, -0.05) is 31.2 Å². The van der Waals surface area contributed by atoms with E-state index in [1.54, 1.807) is 0 Å². The Kier molecular flexibility index (Phi) is 4.68. The van der Waals surface area contributed by atoms with Crippen LogP contribution in [0, 0.1) is 6.92 Å². The summed E-state index contributed by atoms with van der Waals surface area (Å²) in [5, 5.41) is 11.5. The van der Waals surface area contributed by atoms with E-state index in [1.807, 2.05) is 6.92 Å². The molecule has 2 aromatic rings. The van der Waals surface area contributed by atoms with Crippen molar-refractivity contribution in [3.63, 3.8) is 0 Å². The maximum Gasteiger partial charge on any atom is 0.233 e. The van der Waals surface area contributed by atoms with Crippen molar-refractivity contribution < 1.29 is 4.42 Å². The highest BCUT2D eigenvalue weighted by Crippen LogP contribution is 2.14. The molecular weight excluding hydrogens is 238 g/mol. The SMILES string of the molecule is CCNC(C)c1nnc(CCc2ccccc2C)o1. The number of hydrogen-bond acceptors (Lipinski definition) is 4. The van der Waals surface area contributed by atoms with Crippen LogP contribution in [0.5, 0.6) is 0 Å². The maximum absolute atomic E-state index is 5.67. The van der Waals surface area contributed by atoms with Gasteiger partial charge in [-0.2, -0.15) is 0 Å². The smallest absolute Gasteiger partial charge is 0.233 e. The van der Waals surface area contributed by atoms with Crippen LogP contribution in [0.4, 0.5) is 0 Å². The van der Waals surface area contributed by atoms with Crippen molar-refractivity contribution in [2.45, 2.75) is 39.7 Å². The summed E-state index contributed by atoms with van der Waals surface area (Å²) in [5.41, 5.74) is 2.64. The number of aromatic nitrogens is 2. The Morgan fingerprint density at radius 1 is 1.21 bits per heavy atom. The second-order valence-electron chi connectivity index (χ2n) is 4.74. The second-order valence-corrected chi connectivity index (χ2v) is 4.74. The first-order chi connectivity index (χ1) is 9.20. The fourth-order valence-corrected chi connectivity index (χ4v) is 2.07. The molecule has 0 saturated heterocycles. The number of nitrogens with one attached hydrogen (secondary N) is 1. The molecule has 0 radical (unpaired) electrons. The lowest BCUT2D eigenvalue weighted by Crippen LogP contribution is -2.17. The lowest BCUT2D eigenvalue weighted by Gasteiger charge is -2.06. The van der Waals surface area contributed by atoms with Gasteiger partial charge in [0.25, 0.3) is 0 Å². The van der Waals surface area contributed by atoms with Gasteiger partial charge in [-0.15, -0.1) is 10.2 Å². The van der Waals surface area contributed by atoms with Crippen molar-refractivity contribution in [3.05, 3.63) is 47.2 Å². The third kappa shape index (κ3) is 3.64. The van der Waals surface area contributed by atoms with Gasteiger partial charge in [0.1, 0.15) is 0 Å². The van der Waals surface area contributed by atoms with E-state index in [0.717, 1.165) is 19.4 Å². The Bertz CT molecular complexity index is 522. The van der Waals surface area contributed by atoms with Crippen LogP contribution in [0.3, 0.4) is 0 Å². The third-order valence-corrected chi connectivity index (χ3v) is 3.23. The number of benzene rings is 1. The molecule has 0 aliphatic rings. The van der Waals surface area contributed by atoms with Crippen molar-refractivity contribution in [2.24, 2.45) is 0 Å². The Hall–Kier alpha value is -1.68. The van der Waals surface area contributed by atoms with Gasteiger partial charge < -0.3 is 9.73 Å². The predicted molar refractivity (Wildman–Crippen MR) is 75.0 cm³/mol. The molecule has 0 spiro atoms. The molecule has 0 aliphatic carbocycles. The van der Waals surface area contributed by atoms with E-state index in [2.05, 4.69) is 53.6 Å². The summed E-state index contributed by atoms with van der Waals surface area (Å²) in [7, 11) is 0. The molecule has 1 aromatic heterocycles. The van der Waals surface area contributed by atoms with E-state index in [-0.39, 0.29) is 6.04 Å².